The summed E-state index contributed by atoms with van der Waals surface area (Å²) in [4.78, 5) is 1.30. The summed E-state index contributed by atoms with van der Waals surface area (Å²) in [6, 6.07) is 10.3. The molecule has 0 bridgehead atoms. The molecular formula is C15H18BrNO2S. The van der Waals surface area contributed by atoms with Crippen molar-refractivity contribution in [3.8, 4) is 11.5 Å². The molecule has 0 aliphatic rings. The van der Waals surface area contributed by atoms with E-state index in [9.17, 15) is 0 Å². The molecular weight excluding hydrogens is 338 g/mol. The first kappa shape index (κ1) is 15.4. The predicted octanol–water partition coefficient (Wildman–Crippen LogP) is 4.38. The summed E-state index contributed by atoms with van der Waals surface area (Å²) in [7, 11) is 3.34. The van der Waals surface area contributed by atoms with Crippen LogP contribution < -0.4 is 14.8 Å². The average Bonchev–Trinajstić information content (AvgIpc) is 2.89. The highest BCUT2D eigenvalue weighted by Gasteiger charge is 2.12. The molecule has 0 saturated heterocycles. The van der Waals surface area contributed by atoms with E-state index in [1.807, 2.05) is 18.2 Å². The van der Waals surface area contributed by atoms with Crippen LogP contribution in [0.5, 0.6) is 11.5 Å². The van der Waals surface area contributed by atoms with E-state index in [1.165, 1.54) is 4.88 Å². The van der Waals surface area contributed by atoms with Gasteiger partial charge in [0.05, 0.1) is 18.0 Å². The van der Waals surface area contributed by atoms with Gasteiger partial charge in [-0.3, -0.25) is 0 Å². The molecule has 1 heterocycles. The topological polar surface area (TPSA) is 30.5 Å². The summed E-state index contributed by atoms with van der Waals surface area (Å²) in [5.41, 5.74) is 1.13. The van der Waals surface area contributed by atoms with Gasteiger partial charge in [-0.25, -0.2) is 0 Å². The molecule has 108 valence electrons. The van der Waals surface area contributed by atoms with Gasteiger partial charge in [0.15, 0.2) is 0 Å². The highest BCUT2D eigenvalue weighted by molar-refractivity contribution is 9.11. The predicted molar refractivity (Wildman–Crippen MR) is 86.8 cm³/mol. The van der Waals surface area contributed by atoms with Crippen LogP contribution in [-0.4, -0.2) is 14.2 Å². The van der Waals surface area contributed by atoms with Crippen LogP contribution in [0.1, 0.15) is 23.4 Å². The maximum absolute atomic E-state index is 5.44. The van der Waals surface area contributed by atoms with Gasteiger partial charge in [0, 0.05) is 29.1 Å². The van der Waals surface area contributed by atoms with Crippen LogP contribution in [0.2, 0.25) is 0 Å². The standard InChI is InChI=1S/C15H18BrNO2S/c1-10(17-9-12-5-7-15(16)20-12)13-6-4-11(18-2)8-14(13)19-3/h4-8,10,17H,9H2,1-3H3. The van der Waals surface area contributed by atoms with Crippen LogP contribution in [0, 0.1) is 0 Å². The minimum absolute atomic E-state index is 0.205. The van der Waals surface area contributed by atoms with Crippen molar-refractivity contribution in [1.82, 2.24) is 5.32 Å². The zero-order valence-corrected chi connectivity index (χ0v) is 14.2. The Balaban J connectivity index is 2.06. The maximum atomic E-state index is 5.44. The Morgan fingerprint density at radius 3 is 2.60 bits per heavy atom. The molecule has 0 radical (unpaired) electrons. The summed E-state index contributed by atoms with van der Waals surface area (Å²) in [5.74, 6) is 1.65. The third kappa shape index (κ3) is 3.75. The van der Waals surface area contributed by atoms with Gasteiger partial charge in [0.1, 0.15) is 11.5 Å². The highest BCUT2D eigenvalue weighted by atomic mass is 79.9. The number of hydrogen-bond acceptors (Lipinski definition) is 4. The van der Waals surface area contributed by atoms with E-state index >= 15 is 0 Å². The lowest BCUT2D eigenvalue weighted by Gasteiger charge is -2.17. The second-order valence-corrected chi connectivity index (χ2v) is 6.96. The van der Waals surface area contributed by atoms with Gasteiger partial charge in [-0.05, 0) is 41.1 Å². The molecule has 1 unspecified atom stereocenters. The molecule has 0 amide bonds. The lowest BCUT2D eigenvalue weighted by molar-refractivity contribution is 0.386. The van der Waals surface area contributed by atoms with E-state index in [2.05, 4.69) is 40.3 Å². The van der Waals surface area contributed by atoms with E-state index in [0.29, 0.717) is 0 Å². The number of rotatable bonds is 6. The van der Waals surface area contributed by atoms with E-state index < -0.39 is 0 Å². The minimum Gasteiger partial charge on any atom is -0.497 e. The molecule has 1 aromatic carbocycles. The van der Waals surface area contributed by atoms with Gasteiger partial charge < -0.3 is 14.8 Å². The van der Waals surface area contributed by atoms with Crippen molar-refractivity contribution in [3.05, 3.63) is 44.6 Å². The van der Waals surface area contributed by atoms with Crippen molar-refractivity contribution >= 4 is 27.3 Å². The first-order chi connectivity index (χ1) is 9.63. The first-order valence-corrected chi connectivity index (χ1v) is 7.94. The summed E-state index contributed by atoms with van der Waals surface area (Å²) >= 11 is 5.22. The molecule has 0 aliphatic carbocycles. The Hall–Kier alpha value is -1.04. The molecule has 20 heavy (non-hydrogen) atoms. The number of halogens is 1. The van der Waals surface area contributed by atoms with Gasteiger partial charge in [0.2, 0.25) is 0 Å². The molecule has 0 aliphatic heterocycles. The van der Waals surface area contributed by atoms with Crippen molar-refractivity contribution in [3.63, 3.8) is 0 Å². The number of nitrogens with one attached hydrogen (secondary N) is 1. The summed E-state index contributed by atoms with van der Waals surface area (Å²) in [5, 5.41) is 3.51. The molecule has 1 atom stereocenters. The van der Waals surface area contributed by atoms with Gasteiger partial charge in [-0.15, -0.1) is 11.3 Å². The average molecular weight is 356 g/mol. The summed E-state index contributed by atoms with van der Waals surface area (Å²) < 4.78 is 11.8. The Morgan fingerprint density at radius 1 is 1.20 bits per heavy atom. The molecule has 1 N–H and O–H groups in total. The molecule has 2 rings (SSSR count). The van der Waals surface area contributed by atoms with Crippen molar-refractivity contribution in [2.24, 2.45) is 0 Å². The second-order valence-electron chi connectivity index (χ2n) is 4.42. The number of methoxy groups -OCH3 is 2. The zero-order valence-electron chi connectivity index (χ0n) is 11.8. The Labute approximate surface area is 132 Å². The molecule has 0 spiro atoms. The van der Waals surface area contributed by atoms with Crippen LogP contribution >= 0.6 is 27.3 Å². The summed E-state index contributed by atoms with van der Waals surface area (Å²) in [6.07, 6.45) is 0. The smallest absolute Gasteiger partial charge is 0.127 e. The highest BCUT2D eigenvalue weighted by Crippen LogP contribution is 2.30. The van der Waals surface area contributed by atoms with Gasteiger partial charge in [-0.2, -0.15) is 0 Å². The zero-order chi connectivity index (χ0) is 14.5. The van der Waals surface area contributed by atoms with Crippen molar-refractivity contribution in [2.45, 2.75) is 19.5 Å². The Morgan fingerprint density at radius 2 is 2.00 bits per heavy atom. The van der Waals surface area contributed by atoms with Crippen LogP contribution in [-0.2, 0) is 6.54 Å². The molecule has 2 aromatic rings. The van der Waals surface area contributed by atoms with Crippen molar-refractivity contribution in [1.29, 1.82) is 0 Å². The number of benzene rings is 1. The largest absolute Gasteiger partial charge is 0.497 e. The molecule has 0 fully saturated rings. The van der Waals surface area contributed by atoms with Crippen LogP contribution in [0.3, 0.4) is 0 Å². The lowest BCUT2D eigenvalue weighted by Crippen LogP contribution is -2.18. The molecule has 0 saturated carbocycles. The number of ether oxygens (including phenoxy) is 2. The molecule has 5 heteroatoms. The van der Waals surface area contributed by atoms with E-state index in [0.717, 1.165) is 27.4 Å². The molecule has 1 aromatic heterocycles. The molecule has 3 nitrogen and oxygen atoms in total. The third-order valence-electron chi connectivity index (χ3n) is 3.12. The summed E-state index contributed by atoms with van der Waals surface area (Å²) in [6.45, 7) is 2.97. The van der Waals surface area contributed by atoms with E-state index in [1.54, 1.807) is 25.6 Å². The fourth-order valence-corrected chi connectivity index (χ4v) is 3.42. The minimum atomic E-state index is 0.205. The quantitative estimate of drug-likeness (QED) is 0.833. The fraction of sp³-hybridized carbons (Fsp3) is 0.333. The van der Waals surface area contributed by atoms with Crippen molar-refractivity contribution < 1.29 is 9.47 Å². The Bertz CT molecular complexity index is 571. The van der Waals surface area contributed by atoms with Gasteiger partial charge >= 0.3 is 0 Å². The van der Waals surface area contributed by atoms with Crippen LogP contribution in [0.25, 0.3) is 0 Å². The van der Waals surface area contributed by atoms with Gasteiger partial charge in [-0.1, -0.05) is 6.07 Å². The first-order valence-electron chi connectivity index (χ1n) is 6.33. The number of thiophene rings is 1. The maximum Gasteiger partial charge on any atom is 0.127 e. The van der Waals surface area contributed by atoms with Crippen LogP contribution in [0.4, 0.5) is 0 Å². The lowest BCUT2D eigenvalue weighted by atomic mass is 10.1. The number of hydrogen-bond donors (Lipinski definition) is 1. The second kappa shape index (κ2) is 7.11. The van der Waals surface area contributed by atoms with Crippen LogP contribution in [0.15, 0.2) is 34.1 Å². The SMILES string of the molecule is COc1ccc(C(C)NCc2ccc(Br)s2)c(OC)c1. The van der Waals surface area contributed by atoms with E-state index in [4.69, 9.17) is 9.47 Å². The fourth-order valence-electron chi connectivity index (χ4n) is 1.99. The Kier molecular flexibility index (Phi) is 5.46. The van der Waals surface area contributed by atoms with Crippen molar-refractivity contribution in [2.75, 3.05) is 14.2 Å². The van der Waals surface area contributed by atoms with Gasteiger partial charge in [0.25, 0.3) is 0 Å². The monoisotopic (exact) mass is 355 g/mol. The van der Waals surface area contributed by atoms with E-state index in [-0.39, 0.29) is 6.04 Å². The normalized spacial score (nSPS) is 12.2. The third-order valence-corrected chi connectivity index (χ3v) is 4.74.